The largest absolute Gasteiger partial charge is 0.297 e. The topological polar surface area (TPSA) is 21.1 Å². The molecule has 0 saturated carbocycles. The van der Waals surface area contributed by atoms with Crippen LogP contribution in [0.1, 0.15) is 51.4 Å². The van der Waals surface area contributed by atoms with Gasteiger partial charge in [0.2, 0.25) is 0 Å². The van der Waals surface area contributed by atoms with E-state index < -0.39 is 0 Å². The number of hydrogen-bond donors (Lipinski definition) is 0. The molecule has 0 N–H and O–H groups in total. The lowest BCUT2D eigenvalue weighted by Gasteiger charge is -2.29. The van der Waals surface area contributed by atoms with Gasteiger partial charge in [0, 0.05) is 13.6 Å². The molecule has 2 rings (SSSR count). The van der Waals surface area contributed by atoms with Crippen molar-refractivity contribution in [3.63, 3.8) is 0 Å². The highest BCUT2D eigenvalue weighted by Crippen LogP contribution is 2.34. The molecule has 0 spiro atoms. The predicted molar refractivity (Wildman–Crippen MR) is 87.7 cm³/mol. The Morgan fingerprint density at radius 2 is 1.95 bits per heavy atom. The van der Waals surface area contributed by atoms with Gasteiger partial charge in [-0.15, -0.1) is 0 Å². The van der Waals surface area contributed by atoms with E-state index in [0.29, 0.717) is 5.41 Å². The highest BCUT2D eigenvalue weighted by atomic mass is 79.9. The van der Waals surface area contributed by atoms with E-state index in [9.17, 15) is 0 Å². The average molecular weight is 342 g/mol. The first-order chi connectivity index (χ1) is 9.29. The molecule has 1 atom stereocenters. The van der Waals surface area contributed by atoms with E-state index in [0.717, 1.165) is 18.2 Å². The Morgan fingerprint density at radius 3 is 2.50 bits per heavy atom. The fourth-order valence-corrected chi connectivity index (χ4v) is 3.70. The molecule has 0 amide bonds. The van der Waals surface area contributed by atoms with Crippen molar-refractivity contribution in [3.05, 3.63) is 15.9 Å². The quantitative estimate of drug-likeness (QED) is 0.805. The van der Waals surface area contributed by atoms with Crippen LogP contribution in [-0.2, 0) is 13.6 Å². The van der Waals surface area contributed by atoms with Gasteiger partial charge in [-0.05, 0) is 66.5 Å². The lowest BCUT2D eigenvalue weighted by Crippen LogP contribution is -2.27. The van der Waals surface area contributed by atoms with Gasteiger partial charge in [-0.2, -0.15) is 5.10 Å². The number of aryl methyl sites for hydroxylation is 2. The van der Waals surface area contributed by atoms with Gasteiger partial charge in [0.05, 0.1) is 15.9 Å². The summed E-state index contributed by atoms with van der Waals surface area (Å²) in [7, 11) is 2.04. The summed E-state index contributed by atoms with van der Waals surface area (Å²) < 4.78 is 3.20. The van der Waals surface area contributed by atoms with Crippen LogP contribution >= 0.6 is 15.9 Å². The molecule has 1 aromatic rings. The molecule has 1 aliphatic rings. The van der Waals surface area contributed by atoms with Gasteiger partial charge in [0.1, 0.15) is 0 Å². The van der Waals surface area contributed by atoms with Gasteiger partial charge in [-0.1, -0.05) is 20.8 Å². The van der Waals surface area contributed by atoms with Crippen molar-refractivity contribution in [3.8, 4) is 0 Å². The summed E-state index contributed by atoms with van der Waals surface area (Å²) in [4.78, 5) is 2.59. The minimum Gasteiger partial charge on any atom is -0.297 e. The highest BCUT2D eigenvalue weighted by molar-refractivity contribution is 9.10. The molecule has 1 unspecified atom stereocenters. The van der Waals surface area contributed by atoms with Crippen LogP contribution in [0.15, 0.2) is 4.47 Å². The maximum absolute atomic E-state index is 4.50. The van der Waals surface area contributed by atoms with E-state index in [2.05, 4.69) is 53.6 Å². The Morgan fingerprint density at radius 1 is 1.25 bits per heavy atom. The van der Waals surface area contributed by atoms with E-state index in [1.54, 1.807) is 0 Å². The molecule has 0 bridgehead atoms. The molecule has 1 aliphatic heterocycles. The first-order valence-electron chi connectivity index (χ1n) is 7.69. The second-order valence-corrected chi connectivity index (χ2v) is 8.03. The Labute approximate surface area is 131 Å². The Kier molecular flexibility index (Phi) is 4.96. The summed E-state index contributed by atoms with van der Waals surface area (Å²) in [6, 6.07) is 0. The van der Waals surface area contributed by atoms with E-state index in [1.165, 1.54) is 42.5 Å². The van der Waals surface area contributed by atoms with Crippen molar-refractivity contribution in [2.24, 2.45) is 18.4 Å². The number of likely N-dealkylation sites (tertiary alicyclic amines) is 1. The van der Waals surface area contributed by atoms with Crippen LogP contribution in [0.5, 0.6) is 0 Å². The summed E-state index contributed by atoms with van der Waals surface area (Å²) in [5.74, 6) is 0.851. The van der Waals surface area contributed by atoms with Crippen molar-refractivity contribution in [2.75, 3.05) is 13.1 Å². The standard InChI is InChI=1S/C16H28BrN3/c1-12-15(17)14(19(5)18-12)11-20-9-6-7-13(8-10-20)16(2,3)4/h13H,6-11H2,1-5H3. The number of hydrogen-bond acceptors (Lipinski definition) is 2. The molecule has 1 saturated heterocycles. The van der Waals surface area contributed by atoms with Crippen molar-refractivity contribution < 1.29 is 0 Å². The molecule has 0 aliphatic carbocycles. The molecule has 3 nitrogen and oxygen atoms in total. The number of halogens is 1. The monoisotopic (exact) mass is 341 g/mol. The maximum atomic E-state index is 4.50. The summed E-state index contributed by atoms with van der Waals surface area (Å²) in [6.07, 6.45) is 4.00. The normalized spacial score (nSPS) is 22.0. The predicted octanol–water partition coefficient (Wildman–Crippen LogP) is 4.14. The fraction of sp³-hybridized carbons (Fsp3) is 0.812. The van der Waals surface area contributed by atoms with Gasteiger partial charge in [0.25, 0.3) is 0 Å². The van der Waals surface area contributed by atoms with E-state index in [1.807, 2.05) is 11.7 Å². The van der Waals surface area contributed by atoms with Crippen LogP contribution in [0.4, 0.5) is 0 Å². The van der Waals surface area contributed by atoms with Crippen LogP contribution in [-0.4, -0.2) is 27.8 Å². The third-order valence-corrected chi connectivity index (χ3v) is 5.71. The van der Waals surface area contributed by atoms with Crippen molar-refractivity contribution in [2.45, 2.75) is 53.5 Å². The highest BCUT2D eigenvalue weighted by Gasteiger charge is 2.27. The van der Waals surface area contributed by atoms with Crippen molar-refractivity contribution in [1.29, 1.82) is 0 Å². The van der Waals surface area contributed by atoms with Crippen LogP contribution in [0.25, 0.3) is 0 Å². The number of aromatic nitrogens is 2. The summed E-state index contributed by atoms with van der Waals surface area (Å²) in [5, 5.41) is 4.50. The third-order valence-electron chi connectivity index (χ3n) is 4.68. The van der Waals surface area contributed by atoms with E-state index in [-0.39, 0.29) is 0 Å². The average Bonchev–Trinajstić information content (AvgIpc) is 2.57. The SMILES string of the molecule is Cc1nn(C)c(CN2CCCC(C(C)(C)C)CC2)c1Br. The molecular weight excluding hydrogens is 314 g/mol. The minimum absolute atomic E-state index is 0.444. The van der Waals surface area contributed by atoms with Crippen molar-refractivity contribution in [1.82, 2.24) is 14.7 Å². The molecule has 4 heteroatoms. The van der Waals surface area contributed by atoms with Crippen LogP contribution in [0.3, 0.4) is 0 Å². The van der Waals surface area contributed by atoms with E-state index >= 15 is 0 Å². The molecule has 0 radical (unpaired) electrons. The first-order valence-corrected chi connectivity index (χ1v) is 8.48. The lowest BCUT2D eigenvalue weighted by molar-refractivity contribution is 0.205. The van der Waals surface area contributed by atoms with Gasteiger partial charge >= 0.3 is 0 Å². The van der Waals surface area contributed by atoms with Gasteiger partial charge < -0.3 is 0 Å². The Hall–Kier alpha value is -0.350. The number of rotatable bonds is 2. The number of nitrogens with zero attached hydrogens (tertiary/aromatic N) is 3. The molecule has 0 aromatic carbocycles. The summed E-state index contributed by atoms with van der Waals surface area (Å²) in [5.41, 5.74) is 2.83. The molecule has 20 heavy (non-hydrogen) atoms. The molecule has 1 aromatic heterocycles. The summed E-state index contributed by atoms with van der Waals surface area (Å²) >= 11 is 3.68. The Bertz CT molecular complexity index is 459. The molecule has 2 heterocycles. The Balaban J connectivity index is 2.01. The van der Waals surface area contributed by atoms with Crippen LogP contribution in [0, 0.1) is 18.3 Å². The summed E-state index contributed by atoms with van der Waals surface area (Å²) in [6.45, 7) is 12.6. The fourth-order valence-electron chi connectivity index (χ4n) is 3.24. The zero-order valence-corrected chi connectivity index (χ0v) is 15.1. The van der Waals surface area contributed by atoms with Crippen molar-refractivity contribution >= 4 is 15.9 Å². The third kappa shape index (κ3) is 3.64. The van der Waals surface area contributed by atoms with Gasteiger partial charge in [0.15, 0.2) is 0 Å². The minimum atomic E-state index is 0.444. The molecule has 1 fully saturated rings. The first kappa shape index (κ1) is 16.0. The smallest absolute Gasteiger partial charge is 0.0739 e. The second kappa shape index (κ2) is 6.18. The van der Waals surface area contributed by atoms with Gasteiger partial charge in [-0.25, -0.2) is 0 Å². The van der Waals surface area contributed by atoms with Crippen LogP contribution < -0.4 is 0 Å². The van der Waals surface area contributed by atoms with E-state index in [4.69, 9.17) is 0 Å². The zero-order chi connectivity index (χ0) is 14.9. The molecular formula is C16H28BrN3. The second-order valence-electron chi connectivity index (χ2n) is 7.24. The van der Waals surface area contributed by atoms with Gasteiger partial charge in [-0.3, -0.25) is 9.58 Å². The lowest BCUT2D eigenvalue weighted by atomic mass is 9.77. The molecule has 114 valence electrons. The maximum Gasteiger partial charge on any atom is 0.0739 e. The van der Waals surface area contributed by atoms with Crippen LogP contribution in [0.2, 0.25) is 0 Å². The zero-order valence-electron chi connectivity index (χ0n) is 13.5.